The monoisotopic (exact) mass is 504 g/mol. The van der Waals surface area contributed by atoms with Gasteiger partial charge in [0.25, 0.3) is 18.5 Å². The summed E-state index contributed by atoms with van der Waals surface area (Å²) in [4.78, 5) is 11.6. The van der Waals surface area contributed by atoms with Crippen LogP contribution in [0, 0.1) is 5.92 Å². The lowest BCUT2D eigenvalue weighted by Gasteiger charge is -2.42. The number of hydrogen-bond acceptors (Lipinski definition) is 3. The Morgan fingerprint density at radius 3 is 1.76 bits per heavy atom. The summed E-state index contributed by atoms with van der Waals surface area (Å²) in [5, 5.41) is 0. The molecule has 0 spiro atoms. The van der Waals surface area contributed by atoms with Gasteiger partial charge in [0.15, 0.2) is 0 Å². The van der Waals surface area contributed by atoms with Crippen LogP contribution >= 0.6 is 0 Å². The van der Waals surface area contributed by atoms with Gasteiger partial charge >= 0.3 is 24.0 Å². The van der Waals surface area contributed by atoms with Gasteiger partial charge in [0.1, 0.15) is 5.75 Å². The lowest BCUT2D eigenvalue weighted by atomic mass is 9.90. The predicted molar refractivity (Wildman–Crippen MR) is 91.9 cm³/mol. The van der Waals surface area contributed by atoms with Gasteiger partial charge in [0, 0.05) is 6.42 Å². The lowest BCUT2D eigenvalue weighted by molar-refractivity contribution is -0.406. The highest BCUT2D eigenvalue weighted by molar-refractivity contribution is 5.71. The van der Waals surface area contributed by atoms with Crippen molar-refractivity contribution in [1.29, 1.82) is 0 Å². The second-order valence-electron chi connectivity index (χ2n) is 7.01. The molecular formula is C19H19F11O3. The Balaban J connectivity index is 3.18. The third kappa shape index (κ3) is 5.62. The molecule has 1 aromatic carbocycles. The molecule has 190 valence electrons. The fourth-order valence-corrected chi connectivity index (χ4v) is 2.44. The van der Waals surface area contributed by atoms with E-state index in [9.17, 15) is 53.1 Å². The predicted octanol–water partition coefficient (Wildman–Crippen LogP) is 6.30. The molecule has 1 unspecified atom stereocenters. The Morgan fingerprint density at radius 1 is 0.879 bits per heavy atom. The van der Waals surface area contributed by atoms with Crippen LogP contribution in [0.3, 0.4) is 0 Å². The summed E-state index contributed by atoms with van der Waals surface area (Å²) in [6.07, 6.45) is -16.9. The molecule has 3 nitrogen and oxygen atoms in total. The molecule has 0 heterocycles. The smallest absolute Gasteiger partial charge is 0.460 e. The highest BCUT2D eigenvalue weighted by Crippen LogP contribution is 2.55. The van der Waals surface area contributed by atoms with Gasteiger partial charge in [-0.15, -0.1) is 0 Å². The molecule has 14 heteroatoms. The molecule has 33 heavy (non-hydrogen) atoms. The summed E-state index contributed by atoms with van der Waals surface area (Å²) in [5.41, 5.74) is -5.56. The number of carbonyl (C=O) groups is 1. The fraction of sp³-hybridized carbons (Fsp3) is 0.632. The Labute approximate surface area is 180 Å². The Kier molecular flexibility index (Phi) is 9.00. The molecule has 0 radical (unpaired) electrons. The number of benzene rings is 1. The molecular weight excluding hydrogens is 485 g/mol. The normalized spacial score (nSPS) is 14.5. The van der Waals surface area contributed by atoms with Crippen molar-refractivity contribution in [3.05, 3.63) is 29.8 Å². The first kappa shape index (κ1) is 28.8. The molecule has 0 aromatic heterocycles. The second kappa shape index (κ2) is 10.3. The summed E-state index contributed by atoms with van der Waals surface area (Å²) in [7, 11) is 0. The Bertz CT molecular complexity index is 768. The van der Waals surface area contributed by atoms with Crippen molar-refractivity contribution < 1.29 is 62.6 Å². The first-order valence-electron chi connectivity index (χ1n) is 9.28. The van der Waals surface area contributed by atoms with Crippen LogP contribution in [0.2, 0.25) is 0 Å². The number of halogens is 11. The van der Waals surface area contributed by atoms with Crippen molar-refractivity contribution in [2.75, 3.05) is 6.61 Å². The van der Waals surface area contributed by atoms with E-state index >= 15 is 0 Å². The molecule has 0 saturated heterocycles. The van der Waals surface area contributed by atoms with Gasteiger partial charge in [0.05, 0.1) is 12.5 Å². The van der Waals surface area contributed by atoms with Crippen molar-refractivity contribution in [2.45, 2.75) is 63.2 Å². The SMILES string of the molecule is CCC(C)C(=O)OCCc1ccc(OC(C(F)F)(C(F)F)C(F)(F)C(F)(F)C(F)(F)F)cc1. The van der Waals surface area contributed by atoms with E-state index in [-0.39, 0.29) is 18.6 Å². The quantitative estimate of drug-likeness (QED) is 0.262. The number of alkyl halides is 11. The van der Waals surface area contributed by atoms with Crippen LogP contribution in [0.25, 0.3) is 0 Å². The first-order chi connectivity index (χ1) is 15.0. The molecule has 0 saturated carbocycles. The summed E-state index contributed by atoms with van der Waals surface area (Å²) >= 11 is 0. The third-order valence-electron chi connectivity index (χ3n) is 4.75. The van der Waals surface area contributed by atoms with Gasteiger partial charge in [-0.05, 0) is 24.1 Å². The standard InChI is InChI=1S/C19H19F11O3/c1-3-10(2)13(31)32-9-8-11-4-6-12(7-5-11)33-16(14(20)21,15(22)23)17(24,25)18(26,27)19(28,29)30/h4-7,10,14-15H,3,8-9H2,1-2H3. The number of ether oxygens (including phenoxy) is 2. The summed E-state index contributed by atoms with van der Waals surface area (Å²) < 4.78 is 154. The minimum atomic E-state index is -7.27. The zero-order chi connectivity index (χ0) is 25.8. The van der Waals surface area contributed by atoms with Crippen LogP contribution in [-0.2, 0) is 16.0 Å². The molecule has 0 N–H and O–H groups in total. The van der Waals surface area contributed by atoms with Gasteiger partial charge in [0.2, 0.25) is 0 Å². The molecule has 1 rings (SSSR count). The molecule has 0 fully saturated rings. The van der Waals surface area contributed by atoms with Gasteiger partial charge in [-0.25, -0.2) is 17.6 Å². The van der Waals surface area contributed by atoms with E-state index in [1.165, 1.54) is 0 Å². The van der Waals surface area contributed by atoms with E-state index in [1.807, 2.05) is 0 Å². The second-order valence-corrected chi connectivity index (χ2v) is 7.01. The zero-order valence-electron chi connectivity index (χ0n) is 17.0. The van der Waals surface area contributed by atoms with Crippen molar-refractivity contribution >= 4 is 5.97 Å². The van der Waals surface area contributed by atoms with Crippen LogP contribution < -0.4 is 4.74 Å². The molecule has 0 bridgehead atoms. The van der Waals surface area contributed by atoms with Crippen LogP contribution in [0.15, 0.2) is 24.3 Å². The highest BCUT2D eigenvalue weighted by Gasteiger charge is 2.85. The zero-order valence-corrected chi connectivity index (χ0v) is 17.0. The first-order valence-corrected chi connectivity index (χ1v) is 9.28. The number of rotatable bonds is 11. The minimum absolute atomic E-state index is 0.000401. The summed E-state index contributed by atoms with van der Waals surface area (Å²) in [6.45, 7) is 3.17. The van der Waals surface area contributed by atoms with E-state index < -0.39 is 54.1 Å². The van der Waals surface area contributed by atoms with E-state index in [2.05, 4.69) is 4.74 Å². The van der Waals surface area contributed by atoms with Crippen molar-refractivity contribution in [2.24, 2.45) is 5.92 Å². The average molecular weight is 504 g/mol. The fourth-order valence-electron chi connectivity index (χ4n) is 2.44. The maximum atomic E-state index is 14.0. The maximum absolute atomic E-state index is 14.0. The topological polar surface area (TPSA) is 35.5 Å². The number of esters is 1. The van der Waals surface area contributed by atoms with Crippen molar-refractivity contribution in [3.63, 3.8) is 0 Å². The van der Waals surface area contributed by atoms with E-state index in [1.54, 1.807) is 13.8 Å². The van der Waals surface area contributed by atoms with Crippen LogP contribution in [-0.4, -0.2) is 49.0 Å². The van der Waals surface area contributed by atoms with E-state index in [0.29, 0.717) is 18.6 Å². The minimum Gasteiger partial charge on any atom is -0.469 e. The Hall–Kier alpha value is -2.28. The maximum Gasteiger partial charge on any atom is 0.460 e. The lowest BCUT2D eigenvalue weighted by Crippen LogP contribution is -2.72. The van der Waals surface area contributed by atoms with E-state index in [4.69, 9.17) is 4.74 Å². The molecule has 0 amide bonds. The van der Waals surface area contributed by atoms with Crippen LogP contribution in [0.5, 0.6) is 5.75 Å². The van der Waals surface area contributed by atoms with Crippen molar-refractivity contribution in [1.82, 2.24) is 0 Å². The van der Waals surface area contributed by atoms with Crippen molar-refractivity contribution in [3.8, 4) is 5.75 Å². The average Bonchev–Trinajstić information content (AvgIpc) is 2.70. The van der Waals surface area contributed by atoms with Gasteiger partial charge in [-0.3, -0.25) is 4.79 Å². The Morgan fingerprint density at radius 2 is 1.36 bits per heavy atom. The highest BCUT2D eigenvalue weighted by atomic mass is 19.4. The van der Waals surface area contributed by atoms with Crippen LogP contribution in [0.1, 0.15) is 25.8 Å². The molecule has 1 aromatic rings. The third-order valence-corrected chi connectivity index (χ3v) is 4.75. The summed E-state index contributed by atoms with van der Waals surface area (Å²) in [6, 6.07) is 3.00. The van der Waals surface area contributed by atoms with Crippen LogP contribution in [0.4, 0.5) is 48.3 Å². The molecule has 0 aliphatic carbocycles. The largest absolute Gasteiger partial charge is 0.469 e. The van der Waals surface area contributed by atoms with Gasteiger partial charge in [-0.1, -0.05) is 26.0 Å². The number of hydrogen-bond donors (Lipinski definition) is 0. The molecule has 1 atom stereocenters. The summed E-state index contributed by atoms with van der Waals surface area (Å²) in [5.74, 6) is -16.5. The number of carbonyl (C=O) groups excluding carboxylic acids is 1. The van der Waals surface area contributed by atoms with Gasteiger partial charge in [-0.2, -0.15) is 30.7 Å². The molecule has 0 aliphatic heterocycles. The molecule has 0 aliphatic rings. The van der Waals surface area contributed by atoms with E-state index in [0.717, 1.165) is 12.1 Å². The van der Waals surface area contributed by atoms with Gasteiger partial charge < -0.3 is 9.47 Å².